The monoisotopic (exact) mass is 364 g/mol. The highest BCUT2D eigenvalue weighted by Gasteiger charge is 2.20. The second kappa shape index (κ2) is 6.27. The lowest BCUT2D eigenvalue weighted by Gasteiger charge is -2.08. The molecular formula is C18H17FN8. The largest absolute Gasteiger partial charge is 0.368 e. The van der Waals surface area contributed by atoms with Crippen molar-refractivity contribution in [1.29, 1.82) is 0 Å². The maximum atomic E-state index is 13.5. The van der Waals surface area contributed by atoms with Gasteiger partial charge in [0.25, 0.3) is 0 Å². The third-order valence-corrected chi connectivity index (χ3v) is 4.28. The maximum Gasteiger partial charge on any atom is 0.222 e. The summed E-state index contributed by atoms with van der Waals surface area (Å²) in [4.78, 5) is 21.6. The molecule has 0 saturated heterocycles. The fourth-order valence-electron chi connectivity index (χ4n) is 3.09. The van der Waals surface area contributed by atoms with Gasteiger partial charge in [-0.3, -0.25) is 0 Å². The molecular weight excluding hydrogens is 347 g/mol. The first-order valence-corrected chi connectivity index (χ1v) is 8.37. The smallest absolute Gasteiger partial charge is 0.222 e. The van der Waals surface area contributed by atoms with Gasteiger partial charge < -0.3 is 16.0 Å². The fraction of sp³-hybridized carbons (Fsp3) is 0.167. The number of rotatable bonds is 3. The Morgan fingerprint density at radius 1 is 1.04 bits per heavy atom. The van der Waals surface area contributed by atoms with Crippen molar-refractivity contribution in [1.82, 2.24) is 29.5 Å². The van der Waals surface area contributed by atoms with Crippen molar-refractivity contribution in [3.05, 3.63) is 41.8 Å². The van der Waals surface area contributed by atoms with Gasteiger partial charge in [-0.1, -0.05) is 0 Å². The van der Waals surface area contributed by atoms with E-state index in [2.05, 4.69) is 19.9 Å². The molecule has 0 radical (unpaired) electrons. The molecule has 136 valence electrons. The predicted molar refractivity (Wildman–Crippen MR) is 101 cm³/mol. The minimum absolute atomic E-state index is 0.115. The molecule has 8 nitrogen and oxygen atoms in total. The number of nitrogens with two attached hydrogens (primary N) is 2. The summed E-state index contributed by atoms with van der Waals surface area (Å²) in [7, 11) is 0. The molecule has 4 N–H and O–H groups in total. The van der Waals surface area contributed by atoms with Crippen molar-refractivity contribution in [2.24, 2.45) is 0 Å². The van der Waals surface area contributed by atoms with E-state index in [0.717, 1.165) is 11.1 Å². The van der Waals surface area contributed by atoms with Crippen molar-refractivity contribution >= 4 is 23.1 Å². The minimum Gasteiger partial charge on any atom is -0.368 e. The number of imidazole rings is 1. The van der Waals surface area contributed by atoms with Crippen molar-refractivity contribution in [2.75, 3.05) is 11.5 Å². The van der Waals surface area contributed by atoms with Gasteiger partial charge >= 0.3 is 0 Å². The number of fused-ring (bicyclic) bond motifs is 1. The van der Waals surface area contributed by atoms with E-state index in [4.69, 9.17) is 16.5 Å². The summed E-state index contributed by atoms with van der Waals surface area (Å²) in [6.07, 6.45) is 1.57. The molecule has 0 saturated carbocycles. The fourth-order valence-corrected chi connectivity index (χ4v) is 3.09. The molecule has 0 unspecified atom stereocenters. The summed E-state index contributed by atoms with van der Waals surface area (Å²) in [6, 6.07) is 6.22. The maximum absolute atomic E-state index is 13.5. The number of nitrogens with zero attached hydrogens (tertiary/aromatic N) is 6. The molecule has 0 fully saturated rings. The zero-order chi connectivity index (χ0) is 19.1. The van der Waals surface area contributed by atoms with E-state index in [1.165, 1.54) is 12.1 Å². The number of hydrogen-bond donors (Lipinski definition) is 2. The minimum atomic E-state index is -0.314. The van der Waals surface area contributed by atoms with E-state index in [9.17, 15) is 4.39 Å². The number of aromatic nitrogens is 6. The van der Waals surface area contributed by atoms with Gasteiger partial charge in [0, 0.05) is 18.3 Å². The normalized spacial score (nSPS) is 11.2. The Labute approximate surface area is 154 Å². The second-order valence-electron chi connectivity index (χ2n) is 6.04. The van der Waals surface area contributed by atoms with E-state index >= 15 is 0 Å². The van der Waals surface area contributed by atoms with Gasteiger partial charge in [-0.15, -0.1) is 0 Å². The number of halogens is 1. The molecule has 0 spiro atoms. The van der Waals surface area contributed by atoms with Crippen molar-refractivity contribution in [3.63, 3.8) is 0 Å². The molecule has 0 atom stereocenters. The summed E-state index contributed by atoms with van der Waals surface area (Å²) in [5.74, 6) is 0.542. The van der Waals surface area contributed by atoms with Gasteiger partial charge in [-0.05, 0) is 43.7 Å². The number of hydrogen-bond acceptors (Lipinski definition) is 7. The van der Waals surface area contributed by atoms with Crippen LogP contribution in [0.1, 0.15) is 12.5 Å². The number of nitrogen functional groups attached to an aromatic ring is 2. The number of benzene rings is 1. The Balaban J connectivity index is 2.04. The third-order valence-electron chi connectivity index (χ3n) is 4.28. The van der Waals surface area contributed by atoms with Crippen molar-refractivity contribution in [2.45, 2.75) is 20.4 Å². The first kappa shape index (κ1) is 16.8. The second-order valence-corrected chi connectivity index (χ2v) is 6.04. The highest BCUT2D eigenvalue weighted by molar-refractivity contribution is 5.91. The summed E-state index contributed by atoms with van der Waals surface area (Å²) in [5, 5.41) is 0. The van der Waals surface area contributed by atoms with Gasteiger partial charge in [0.1, 0.15) is 22.7 Å². The van der Waals surface area contributed by atoms with Gasteiger partial charge in [0.2, 0.25) is 11.9 Å². The molecule has 9 heteroatoms. The molecule has 3 heterocycles. The van der Waals surface area contributed by atoms with Crippen LogP contribution in [0, 0.1) is 12.7 Å². The zero-order valence-electron chi connectivity index (χ0n) is 14.8. The number of aryl methyl sites for hydroxylation is 2. The van der Waals surface area contributed by atoms with Crippen LogP contribution in [-0.2, 0) is 6.54 Å². The first-order chi connectivity index (χ1) is 13.0. The SMILES string of the molecule is CCn1c(-c2ccnc(N)n2)nc2c(-c3ccc(F)cc3C)nc(N)nc21. The van der Waals surface area contributed by atoms with E-state index in [0.29, 0.717) is 34.9 Å². The van der Waals surface area contributed by atoms with Gasteiger partial charge in [0.15, 0.2) is 11.5 Å². The van der Waals surface area contributed by atoms with Crippen LogP contribution in [-0.4, -0.2) is 29.5 Å². The van der Waals surface area contributed by atoms with E-state index in [-0.39, 0.29) is 17.7 Å². The van der Waals surface area contributed by atoms with Crippen LogP contribution in [0.25, 0.3) is 33.9 Å². The topological polar surface area (TPSA) is 121 Å². The molecule has 1 aromatic carbocycles. The molecule has 4 aromatic rings. The number of anilines is 2. The van der Waals surface area contributed by atoms with E-state index in [1.807, 2.05) is 18.4 Å². The quantitative estimate of drug-likeness (QED) is 0.573. The average Bonchev–Trinajstić information content (AvgIpc) is 2.99. The Hall–Kier alpha value is -3.62. The Morgan fingerprint density at radius 3 is 2.56 bits per heavy atom. The van der Waals surface area contributed by atoms with Crippen molar-refractivity contribution < 1.29 is 4.39 Å². The highest BCUT2D eigenvalue weighted by Crippen LogP contribution is 2.32. The Kier molecular flexibility index (Phi) is 3.91. The standard InChI is InChI=1S/C18H17FN8/c1-3-27-15(12-6-7-22-17(20)23-12)24-14-13(25-18(21)26-16(14)27)11-5-4-10(19)8-9(11)2/h4-8H,3H2,1-2H3,(H2,20,22,23)(H2,21,25,26). The van der Waals surface area contributed by atoms with Gasteiger partial charge in [0.05, 0.1) is 0 Å². The molecule has 3 aromatic heterocycles. The van der Waals surface area contributed by atoms with Crippen LogP contribution in [0.5, 0.6) is 0 Å². The lowest BCUT2D eigenvalue weighted by atomic mass is 10.0. The van der Waals surface area contributed by atoms with Gasteiger partial charge in [-0.25, -0.2) is 24.3 Å². The molecule has 0 aliphatic carbocycles. The van der Waals surface area contributed by atoms with Crippen LogP contribution in [0.3, 0.4) is 0 Å². The Bertz CT molecular complexity index is 1170. The molecule has 27 heavy (non-hydrogen) atoms. The van der Waals surface area contributed by atoms with Crippen LogP contribution >= 0.6 is 0 Å². The summed E-state index contributed by atoms with van der Waals surface area (Å²) in [6.45, 7) is 4.37. The highest BCUT2D eigenvalue weighted by atomic mass is 19.1. The summed E-state index contributed by atoms with van der Waals surface area (Å²) in [5.41, 5.74) is 15.4. The third kappa shape index (κ3) is 2.82. The summed E-state index contributed by atoms with van der Waals surface area (Å²) >= 11 is 0. The van der Waals surface area contributed by atoms with E-state index in [1.54, 1.807) is 18.3 Å². The van der Waals surface area contributed by atoms with E-state index < -0.39 is 0 Å². The van der Waals surface area contributed by atoms with Gasteiger partial charge in [-0.2, -0.15) is 4.98 Å². The molecule has 0 bridgehead atoms. The van der Waals surface area contributed by atoms with Crippen LogP contribution in [0.15, 0.2) is 30.5 Å². The molecule has 4 rings (SSSR count). The average molecular weight is 364 g/mol. The lowest BCUT2D eigenvalue weighted by molar-refractivity contribution is 0.627. The molecule has 0 aliphatic rings. The predicted octanol–water partition coefficient (Wildman–Crippen LogP) is 2.58. The van der Waals surface area contributed by atoms with Crippen LogP contribution < -0.4 is 11.5 Å². The molecule has 0 aliphatic heterocycles. The zero-order valence-corrected chi connectivity index (χ0v) is 14.8. The molecule has 0 amide bonds. The van der Waals surface area contributed by atoms with Crippen molar-refractivity contribution in [3.8, 4) is 22.8 Å². The summed E-state index contributed by atoms with van der Waals surface area (Å²) < 4.78 is 15.4. The van der Waals surface area contributed by atoms with Crippen LogP contribution in [0.4, 0.5) is 16.3 Å². The lowest BCUT2D eigenvalue weighted by Crippen LogP contribution is -2.04. The Morgan fingerprint density at radius 2 is 1.85 bits per heavy atom. The first-order valence-electron chi connectivity index (χ1n) is 8.37. The van der Waals surface area contributed by atoms with Crippen LogP contribution in [0.2, 0.25) is 0 Å².